The molecule has 4 rings (SSSR count). The second-order valence-electron chi connectivity index (χ2n) is 6.82. The Morgan fingerprint density at radius 2 is 1.96 bits per heavy atom. The number of nitrogens with one attached hydrogen (secondary N) is 1. The molecule has 5 nitrogen and oxygen atoms in total. The maximum Gasteiger partial charge on any atom is 0.227 e. The van der Waals surface area contributed by atoms with Crippen LogP contribution in [0.1, 0.15) is 25.7 Å². The van der Waals surface area contributed by atoms with E-state index in [1.807, 2.05) is 0 Å². The van der Waals surface area contributed by atoms with E-state index < -0.39 is 0 Å². The number of nitrogens with zero attached hydrogens (tertiary/aromatic N) is 1. The van der Waals surface area contributed by atoms with Gasteiger partial charge in [0, 0.05) is 29.3 Å². The highest BCUT2D eigenvalue weighted by Gasteiger charge is 2.25. The molecule has 0 bridgehead atoms. The van der Waals surface area contributed by atoms with Gasteiger partial charge in [-0.15, -0.1) is 12.4 Å². The van der Waals surface area contributed by atoms with Crippen LogP contribution in [0.5, 0.6) is 0 Å². The lowest BCUT2D eigenvalue weighted by molar-refractivity contribution is -0.120. The summed E-state index contributed by atoms with van der Waals surface area (Å²) < 4.78 is 18.8. The summed E-state index contributed by atoms with van der Waals surface area (Å²) in [5.41, 5.74) is 8.59. The summed E-state index contributed by atoms with van der Waals surface area (Å²) in [6, 6.07) is 11.4. The number of carbonyl (C=O) groups excluding carboxylic acids is 1. The van der Waals surface area contributed by atoms with Crippen molar-refractivity contribution >= 4 is 35.1 Å². The summed E-state index contributed by atoms with van der Waals surface area (Å²) in [6.45, 7) is 0. The maximum absolute atomic E-state index is 13.1. The molecule has 1 amide bonds. The van der Waals surface area contributed by atoms with E-state index in [0.717, 1.165) is 25.7 Å². The molecule has 1 fully saturated rings. The lowest BCUT2D eigenvalue weighted by atomic mass is 9.85. The third-order valence-corrected chi connectivity index (χ3v) is 4.83. The first-order chi connectivity index (χ1) is 12.6. The van der Waals surface area contributed by atoms with E-state index in [0.29, 0.717) is 28.2 Å². The second kappa shape index (κ2) is 8.06. The molecule has 3 aromatic rings. The number of oxazole rings is 1. The van der Waals surface area contributed by atoms with Crippen LogP contribution in [0.15, 0.2) is 46.9 Å². The molecule has 0 aliphatic heterocycles. The number of carbonyl (C=O) groups is 1. The van der Waals surface area contributed by atoms with Gasteiger partial charge in [0.2, 0.25) is 11.8 Å². The van der Waals surface area contributed by atoms with Crippen LogP contribution in [-0.2, 0) is 4.79 Å². The van der Waals surface area contributed by atoms with Crippen molar-refractivity contribution in [2.45, 2.75) is 31.7 Å². The number of anilines is 1. The predicted octanol–water partition coefficient (Wildman–Crippen LogP) is 4.51. The standard InChI is InChI=1S/C20H20FN3O2.ClH/c21-14-6-4-12(5-7-14)20-24-17-9-8-16(11-18(17)26-20)23-19(25)13-2-1-3-15(22)10-13;/h4-9,11,13,15H,1-3,10,22H2,(H,23,25);1H. The lowest BCUT2D eigenvalue weighted by Crippen LogP contribution is -2.34. The Morgan fingerprint density at radius 1 is 1.19 bits per heavy atom. The monoisotopic (exact) mass is 389 g/mol. The van der Waals surface area contributed by atoms with Crippen LogP contribution in [0, 0.1) is 11.7 Å². The first-order valence-corrected chi connectivity index (χ1v) is 8.81. The van der Waals surface area contributed by atoms with Gasteiger partial charge in [-0.25, -0.2) is 9.37 Å². The molecule has 3 N–H and O–H groups in total. The van der Waals surface area contributed by atoms with Gasteiger partial charge in [-0.05, 0) is 55.7 Å². The molecule has 142 valence electrons. The van der Waals surface area contributed by atoms with E-state index in [-0.39, 0.29) is 36.1 Å². The lowest BCUT2D eigenvalue weighted by Gasteiger charge is -2.25. The summed E-state index contributed by atoms with van der Waals surface area (Å²) in [4.78, 5) is 16.9. The molecule has 1 aromatic heterocycles. The SMILES string of the molecule is Cl.NC1CCCC(C(=O)Nc2ccc3nc(-c4ccc(F)cc4)oc3c2)C1. The number of benzene rings is 2. The van der Waals surface area contributed by atoms with E-state index in [1.165, 1.54) is 12.1 Å². The molecule has 0 saturated heterocycles. The number of hydrogen-bond donors (Lipinski definition) is 2. The van der Waals surface area contributed by atoms with Crippen molar-refractivity contribution in [2.75, 3.05) is 5.32 Å². The number of halogens is 2. The first kappa shape index (κ1) is 19.3. The number of rotatable bonds is 3. The van der Waals surface area contributed by atoms with Crippen molar-refractivity contribution in [1.82, 2.24) is 4.98 Å². The Hall–Kier alpha value is -2.44. The maximum atomic E-state index is 13.1. The highest BCUT2D eigenvalue weighted by Crippen LogP contribution is 2.28. The molecular weight excluding hydrogens is 369 g/mol. The third kappa shape index (κ3) is 4.28. The zero-order valence-electron chi connectivity index (χ0n) is 14.7. The second-order valence-corrected chi connectivity index (χ2v) is 6.82. The minimum Gasteiger partial charge on any atom is -0.436 e. The molecule has 1 saturated carbocycles. The Balaban J connectivity index is 0.00000210. The molecule has 1 aliphatic carbocycles. The van der Waals surface area contributed by atoms with E-state index in [9.17, 15) is 9.18 Å². The van der Waals surface area contributed by atoms with Crippen molar-refractivity contribution in [3.05, 3.63) is 48.3 Å². The number of aromatic nitrogens is 1. The van der Waals surface area contributed by atoms with Gasteiger partial charge in [-0.2, -0.15) is 0 Å². The average molecular weight is 390 g/mol. The zero-order chi connectivity index (χ0) is 18.1. The summed E-state index contributed by atoms with van der Waals surface area (Å²) in [5, 5.41) is 2.95. The summed E-state index contributed by atoms with van der Waals surface area (Å²) >= 11 is 0. The molecule has 2 aromatic carbocycles. The van der Waals surface area contributed by atoms with Gasteiger partial charge in [0.05, 0.1) is 0 Å². The van der Waals surface area contributed by atoms with E-state index in [4.69, 9.17) is 10.2 Å². The van der Waals surface area contributed by atoms with Crippen LogP contribution in [0.3, 0.4) is 0 Å². The minimum atomic E-state index is -0.308. The topological polar surface area (TPSA) is 81.2 Å². The molecular formula is C20H21ClFN3O2. The van der Waals surface area contributed by atoms with Gasteiger partial charge in [0.1, 0.15) is 11.3 Å². The van der Waals surface area contributed by atoms with Gasteiger partial charge in [-0.1, -0.05) is 6.42 Å². The van der Waals surface area contributed by atoms with Gasteiger partial charge >= 0.3 is 0 Å². The van der Waals surface area contributed by atoms with Gasteiger partial charge in [-0.3, -0.25) is 4.79 Å². The van der Waals surface area contributed by atoms with Crippen molar-refractivity contribution in [2.24, 2.45) is 11.7 Å². The molecule has 0 spiro atoms. The molecule has 27 heavy (non-hydrogen) atoms. The Kier molecular flexibility index (Phi) is 5.77. The van der Waals surface area contributed by atoms with Crippen LogP contribution in [0.2, 0.25) is 0 Å². The summed E-state index contributed by atoms with van der Waals surface area (Å²) in [7, 11) is 0. The molecule has 2 atom stereocenters. The predicted molar refractivity (Wildman–Crippen MR) is 105 cm³/mol. The largest absolute Gasteiger partial charge is 0.436 e. The smallest absolute Gasteiger partial charge is 0.227 e. The van der Waals surface area contributed by atoms with Crippen LogP contribution >= 0.6 is 12.4 Å². The molecule has 2 unspecified atom stereocenters. The van der Waals surface area contributed by atoms with Crippen molar-refractivity contribution in [1.29, 1.82) is 0 Å². The number of nitrogens with two attached hydrogens (primary N) is 1. The Labute approximate surface area is 162 Å². The van der Waals surface area contributed by atoms with E-state index in [2.05, 4.69) is 10.3 Å². The fourth-order valence-electron chi connectivity index (χ4n) is 3.43. The first-order valence-electron chi connectivity index (χ1n) is 8.81. The fraction of sp³-hybridized carbons (Fsp3) is 0.300. The Morgan fingerprint density at radius 3 is 2.70 bits per heavy atom. The van der Waals surface area contributed by atoms with Gasteiger partial charge < -0.3 is 15.5 Å². The summed E-state index contributed by atoms with van der Waals surface area (Å²) in [6.07, 6.45) is 3.57. The van der Waals surface area contributed by atoms with Crippen LogP contribution in [0.25, 0.3) is 22.6 Å². The number of amides is 1. The van der Waals surface area contributed by atoms with E-state index >= 15 is 0 Å². The molecule has 0 radical (unpaired) electrons. The Bertz CT molecular complexity index is 942. The molecule has 1 heterocycles. The van der Waals surface area contributed by atoms with Crippen LogP contribution < -0.4 is 11.1 Å². The fourth-order valence-corrected chi connectivity index (χ4v) is 3.43. The van der Waals surface area contributed by atoms with Crippen molar-refractivity contribution in [3.63, 3.8) is 0 Å². The van der Waals surface area contributed by atoms with Crippen molar-refractivity contribution in [3.8, 4) is 11.5 Å². The van der Waals surface area contributed by atoms with Crippen LogP contribution in [-0.4, -0.2) is 16.9 Å². The average Bonchev–Trinajstić information content (AvgIpc) is 3.05. The molecule has 1 aliphatic rings. The highest BCUT2D eigenvalue weighted by atomic mass is 35.5. The third-order valence-electron chi connectivity index (χ3n) is 4.83. The highest BCUT2D eigenvalue weighted by molar-refractivity contribution is 5.94. The van der Waals surface area contributed by atoms with Crippen LogP contribution in [0.4, 0.5) is 10.1 Å². The van der Waals surface area contributed by atoms with Crippen molar-refractivity contribution < 1.29 is 13.6 Å². The normalized spacial score (nSPS) is 19.5. The number of fused-ring (bicyclic) bond motifs is 1. The molecule has 7 heteroatoms. The zero-order valence-corrected chi connectivity index (χ0v) is 15.5. The summed E-state index contributed by atoms with van der Waals surface area (Å²) in [5.74, 6) is 0.0655. The quantitative estimate of drug-likeness (QED) is 0.690. The minimum absolute atomic E-state index is 0. The van der Waals surface area contributed by atoms with Gasteiger partial charge in [0.15, 0.2) is 5.58 Å². The van der Waals surface area contributed by atoms with E-state index in [1.54, 1.807) is 30.3 Å². The van der Waals surface area contributed by atoms with Gasteiger partial charge in [0.25, 0.3) is 0 Å². The number of hydrogen-bond acceptors (Lipinski definition) is 4.